The number of carbonyl (C=O) groups excluding carboxylic acids is 11. The standard InChI is InChI=1S/C26H34O9.C24H32O8.2C22H30O7/c1-12-8-19-24(31,21(12)30)10-17(11-33-14(3)27)9-18-20-23(6,7)26(20,35-16(5)29)22(34-15(4)28)13(2)25(18,19)32;1-11-7-17-22(29,19(11)28)9-15(10-25)8-16-18-21(5,6)24(18,32-14(4)27)20(31-13(3)26)12(2)23(16,17)30;1-10-6-15-20(26,17(10)25)8-13(9-23)7-14-16-19(4,5)22(16,28)18(29-12(3)24)11(2)21(14,15)27;1-10-6-15-20(27,17(10)25)8-13(9-23)7-14-16-19(4,5)22(16,29-12(3)24)18(26)11(2)21(14,15)28/h8-9,13,18-20,22,31-32H,10-11H2,1-7H3;7-8,12,16-18,20,25,29-30H,9-10H2,1-6H3;2*6-7,11,14-16,18,23,26-28H,8-9H2,1-5H3/t13-,18+,19-,20-,22-,24-,25-,26-;12-,16+,17-,18-,20-,22-,23-,24-;2*11-,14+,15-,16-,18-,20-,21-,22-/m1111/s1. The van der Waals surface area contributed by atoms with E-state index in [0.717, 1.165) is 0 Å². The molecule has 0 spiro atoms. The van der Waals surface area contributed by atoms with Crippen LogP contribution in [0.5, 0.6) is 0 Å². The van der Waals surface area contributed by atoms with Gasteiger partial charge in [-0.25, -0.2) is 0 Å². The molecule has 125 heavy (non-hydrogen) atoms. The van der Waals surface area contributed by atoms with Gasteiger partial charge in [-0.1, -0.05) is 132 Å². The lowest BCUT2D eigenvalue weighted by Crippen LogP contribution is -2.66. The number of hydrogen-bond donors (Lipinski definition) is 13. The average Bonchev–Trinajstić information content (AvgIpc) is 1.49. The summed E-state index contributed by atoms with van der Waals surface area (Å²) in [6, 6.07) is 0. The molecule has 0 heterocycles. The minimum Gasteiger partial charge on any atom is -0.461 e. The fourth-order valence-corrected chi connectivity index (χ4v) is 28.4. The Balaban J connectivity index is 0.000000143. The molecule has 31 nitrogen and oxygen atoms in total. The Morgan fingerprint density at radius 2 is 0.584 bits per heavy atom. The van der Waals surface area contributed by atoms with Gasteiger partial charge in [-0.15, -0.1) is 0 Å². The van der Waals surface area contributed by atoms with Crippen LogP contribution in [0.1, 0.15) is 185 Å². The lowest BCUT2D eigenvalue weighted by molar-refractivity contribution is -0.227. The molecule has 0 aliphatic heterocycles. The molecule has 16 rings (SSSR count). The zero-order valence-electron chi connectivity index (χ0n) is 75.5. The van der Waals surface area contributed by atoms with Gasteiger partial charge in [-0.3, -0.25) is 52.7 Å². The molecule has 31 heteroatoms. The van der Waals surface area contributed by atoms with Crippen LogP contribution in [0, 0.1) is 116 Å². The third-order valence-electron chi connectivity index (χ3n) is 34.0. The van der Waals surface area contributed by atoms with Crippen molar-refractivity contribution in [3.05, 3.63) is 93.2 Å². The number of hydrogen-bond acceptors (Lipinski definition) is 31. The summed E-state index contributed by atoms with van der Waals surface area (Å²) in [4.78, 5) is 136. The fraction of sp³-hybridized carbons (Fsp3) is 0.713. The van der Waals surface area contributed by atoms with Gasteiger partial charge in [0.2, 0.25) is 0 Å². The van der Waals surface area contributed by atoms with Gasteiger partial charge in [-0.2, -0.15) is 0 Å². The molecule has 16 aliphatic rings. The van der Waals surface area contributed by atoms with E-state index in [4.69, 9.17) is 33.2 Å². The van der Waals surface area contributed by atoms with E-state index in [2.05, 4.69) is 0 Å². The molecule has 8 saturated carbocycles. The number of ketones is 4. The summed E-state index contributed by atoms with van der Waals surface area (Å²) in [5, 5.41) is 148. The maximum Gasteiger partial charge on any atom is 0.303 e. The second-order valence-corrected chi connectivity index (χ2v) is 41.7. The first kappa shape index (κ1) is 95.0. The van der Waals surface area contributed by atoms with Crippen molar-refractivity contribution in [3.63, 3.8) is 0 Å². The Hall–Kier alpha value is -7.63. The third-order valence-corrected chi connectivity index (χ3v) is 34.0. The smallest absolute Gasteiger partial charge is 0.303 e. The van der Waals surface area contributed by atoms with Crippen molar-refractivity contribution in [2.24, 2.45) is 116 Å². The summed E-state index contributed by atoms with van der Waals surface area (Å²) in [5.74, 6) is -17.3. The Morgan fingerprint density at radius 1 is 0.336 bits per heavy atom. The van der Waals surface area contributed by atoms with Crippen LogP contribution < -0.4 is 0 Å². The monoisotopic (exact) mass is 1750 g/mol. The number of Topliss-reactive ketones (excluding diaryl/α,β-unsaturated/α-hetero) is 4. The first-order chi connectivity index (χ1) is 57.3. The van der Waals surface area contributed by atoms with Gasteiger partial charge in [0, 0.05) is 190 Å². The number of ether oxygens (including phenoxy) is 7. The molecule has 32 atom stereocenters. The van der Waals surface area contributed by atoms with E-state index in [9.17, 15) is 119 Å². The van der Waals surface area contributed by atoms with Gasteiger partial charge in [0.25, 0.3) is 0 Å². The predicted octanol–water partition coefficient (Wildman–Crippen LogP) is 3.72. The highest BCUT2D eigenvalue weighted by atomic mass is 16.6. The highest BCUT2D eigenvalue weighted by Gasteiger charge is 2.92. The van der Waals surface area contributed by atoms with Gasteiger partial charge in [0.15, 0.2) is 34.3 Å². The van der Waals surface area contributed by atoms with Crippen LogP contribution in [-0.2, 0) is 85.9 Å². The lowest BCUT2D eigenvalue weighted by Gasteiger charge is -2.53. The summed E-state index contributed by atoms with van der Waals surface area (Å²) in [5.41, 5.74) is -18.8. The van der Waals surface area contributed by atoms with E-state index in [1.807, 2.05) is 55.4 Å². The summed E-state index contributed by atoms with van der Waals surface area (Å²) < 4.78 is 39.7. The Morgan fingerprint density at radius 3 is 0.872 bits per heavy atom. The van der Waals surface area contributed by atoms with Crippen molar-refractivity contribution in [3.8, 4) is 0 Å². The van der Waals surface area contributed by atoms with Crippen molar-refractivity contribution < 1.29 is 152 Å². The molecule has 13 N–H and O–H groups in total. The molecule has 688 valence electrons. The van der Waals surface area contributed by atoms with Crippen molar-refractivity contribution in [1.82, 2.24) is 0 Å². The Kier molecular flexibility index (Phi) is 22.6. The molecule has 8 fully saturated rings. The number of esters is 7. The fourth-order valence-electron chi connectivity index (χ4n) is 28.4. The van der Waals surface area contributed by atoms with Gasteiger partial charge < -0.3 is 99.5 Å². The average molecular weight is 1750 g/mol. The first-order valence-electron chi connectivity index (χ1n) is 43.3. The predicted molar refractivity (Wildman–Crippen MR) is 438 cm³/mol. The number of rotatable bonds is 11. The molecule has 0 aromatic rings. The van der Waals surface area contributed by atoms with E-state index >= 15 is 0 Å². The van der Waals surface area contributed by atoms with Gasteiger partial charge in [0.05, 0.1) is 48.3 Å². The minimum absolute atomic E-state index is 0.0871. The number of carbonyl (C=O) groups is 11. The van der Waals surface area contributed by atoms with Crippen LogP contribution in [0.2, 0.25) is 0 Å². The van der Waals surface area contributed by atoms with Crippen molar-refractivity contribution in [1.29, 1.82) is 0 Å². The minimum atomic E-state index is -1.96. The van der Waals surface area contributed by atoms with Crippen LogP contribution in [-0.4, -0.2) is 249 Å². The van der Waals surface area contributed by atoms with Gasteiger partial charge in [-0.05, 0) is 72.3 Å². The maximum atomic E-state index is 13.2. The molecule has 0 aromatic heterocycles. The zero-order valence-corrected chi connectivity index (χ0v) is 75.5. The molecule has 0 aromatic carbocycles. The number of fused-ring (bicyclic) bond motifs is 20. The van der Waals surface area contributed by atoms with Crippen LogP contribution in [0.4, 0.5) is 0 Å². The molecular formula is C94H126O31. The molecule has 16 aliphatic carbocycles. The lowest BCUT2D eigenvalue weighted by atomic mass is 9.59. The molecule has 0 bridgehead atoms. The van der Waals surface area contributed by atoms with E-state index < -0.39 is 273 Å². The van der Waals surface area contributed by atoms with Crippen LogP contribution in [0.3, 0.4) is 0 Å². The highest BCUT2D eigenvalue weighted by molar-refractivity contribution is 6.07. The van der Waals surface area contributed by atoms with E-state index in [1.54, 1.807) is 104 Å². The Labute approximate surface area is 726 Å². The number of aliphatic hydroxyl groups excluding tert-OH is 4. The van der Waals surface area contributed by atoms with Gasteiger partial charge >= 0.3 is 41.8 Å². The van der Waals surface area contributed by atoms with Crippen molar-refractivity contribution in [2.45, 2.75) is 277 Å². The highest BCUT2D eigenvalue weighted by Crippen LogP contribution is 2.81. The molecular weight excluding hydrogens is 1630 g/mol. The van der Waals surface area contributed by atoms with Crippen molar-refractivity contribution in [2.75, 3.05) is 26.4 Å². The van der Waals surface area contributed by atoms with Crippen molar-refractivity contribution >= 4 is 64.9 Å². The normalized spacial score (nSPS) is 46.9. The summed E-state index contributed by atoms with van der Waals surface area (Å²) in [6.07, 6.45) is 8.75. The summed E-state index contributed by atoms with van der Waals surface area (Å²) in [7, 11) is 0. The van der Waals surface area contributed by atoms with Crippen LogP contribution in [0.15, 0.2) is 93.2 Å². The zero-order chi connectivity index (χ0) is 93.8. The maximum absolute atomic E-state index is 13.2. The second-order valence-electron chi connectivity index (χ2n) is 41.7. The number of aliphatic hydroxyl groups is 13. The summed E-state index contributed by atoms with van der Waals surface area (Å²) >= 11 is 0. The quantitative estimate of drug-likeness (QED) is 0.0796. The van der Waals surface area contributed by atoms with Crippen LogP contribution >= 0.6 is 0 Å². The van der Waals surface area contributed by atoms with E-state index in [-0.39, 0.29) is 52.1 Å². The first-order valence-corrected chi connectivity index (χ1v) is 43.3. The Bertz CT molecular complexity index is 4950. The molecule has 0 saturated heterocycles. The third kappa shape index (κ3) is 12.4. The van der Waals surface area contributed by atoms with E-state index in [1.165, 1.54) is 48.5 Å². The summed E-state index contributed by atoms with van der Waals surface area (Å²) in [6.45, 7) is 35.8. The second kappa shape index (κ2) is 29.7. The molecule has 0 unspecified atom stereocenters. The van der Waals surface area contributed by atoms with E-state index in [0.29, 0.717) is 44.6 Å². The molecule has 0 radical (unpaired) electrons. The van der Waals surface area contributed by atoms with Crippen LogP contribution in [0.25, 0.3) is 0 Å². The van der Waals surface area contributed by atoms with Gasteiger partial charge in [0.1, 0.15) is 58.5 Å². The molecule has 0 amide bonds. The SMILES string of the molecule is CC(=O)OCC1=C[C@H]2[C@@H]3C(C)(C)[C@]3(OC(C)=O)[C@H](OC(C)=O)[C@@H](C)[C@]2(O)[C@@H]2C=C(C)C(=O)[C@@]2(O)C1.CC(=O)O[C@@H]1[C@@H](C)[C@@]2(O)[C@@H](C=C(CO)C[C@]3(O)C(=O)C(C)=C[C@@H]23)[C@@H]2C(C)(C)[C@]12O.CC(=O)O[C@@H]1[C@@H](C)[C@@]2(O)[C@@H](C=C(CO)C[C@]3(O)C(=O)C(C)=C[C@@H]23)[C@@H]2C(C)(C)[C@]12OC(C)=O.CC(=O)O[C@@]12[C@H](O)[C@@H](C)[C@@]3(O)[C@@H](C=C(CO)C[C@]4(O)C(=O)C(C)=C[C@@H]34)[C@@H]1C2(C)C. The topological polar surface area (TPSA) is 515 Å². The largest absolute Gasteiger partial charge is 0.461 e.